The molecule has 2 nitrogen and oxygen atoms in total. The lowest BCUT2D eigenvalue weighted by Crippen LogP contribution is -2.46. The van der Waals surface area contributed by atoms with Crippen molar-refractivity contribution in [2.24, 2.45) is 5.73 Å². The molecule has 0 aromatic carbocycles. The Bertz CT molecular complexity index is 136. The third kappa shape index (κ3) is 1.30. The van der Waals surface area contributed by atoms with E-state index in [1.165, 1.54) is 38.6 Å². The molecule has 0 aliphatic carbocycles. The first kappa shape index (κ1) is 7.56. The Balaban J connectivity index is 2.00. The summed E-state index contributed by atoms with van der Waals surface area (Å²) in [5.41, 5.74) is 5.72. The first-order chi connectivity index (χ1) is 5.42. The molecule has 0 aromatic heterocycles. The molecule has 0 amide bonds. The summed E-state index contributed by atoms with van der Waals surface area (Å²) in [5, 5.41) is 0. The lowest BCUT2D eigenvalue weighted by Gasteiger charge is -2.36. The minimum absolute atomic E-state index is 0.719. The normalized spacial score (nSPS) is 39.0. The van der Waals surface area contributed by atoms with E-state index in [1.807, 2.05) is 0 Å². The van der Waals surface area contributed by atoms with Crippen molar-refractivity contribution in [2.75, 3.05) is 13.1 Å². The zero-order valence-corrected chi connectivity index (χ0v) is 7.13. The number of piperidine rings is 1. The van der Waals surface area contributed by atoms with Crippen LogP contribution in [0.3, 0.4) is 0 Å². The largest absolute Gasteiger partial charge is 0.329 e. The highest BCUT2D eigenvalue weighted by Gasteiger charge is 2.32. The maximum atomic E-state index is 5.72. The molecule has 0 radical (unpaired) electrons. The fraction of sp³-hybridized carbons (Fsp3) is 1.00. The van der Waals surface area contributed by atoms with Gasteiger partial charge >= 0.3 is 0 Å². The lowest BCUT2D eigenvalue weighted by molar-refractivity contribution is 0.128. The Kier molecular flexibility index (Phi) is 2.14. The Morgan fingerprint density at radius 2 is 2.00 bits per heavy atom. The molecule has 2 fully saturated rings. The Labute approximate surface area is 68.7 Å². The van der Waals surface area contributed by atoms with E-state index in [-0.39, 0.29) is 0 Å². The SMILES string of the molecule is NC[C@@H]1CCC[C@H]2CCCN21. The summed E-state index contributed by atoms with van der Waals surface area (Å²) in [6.45, 7) is 2.18. The van der Waals surface area contributed by atoms with Gasteiger partial charge in [-0.3, -0.25) is 4.90 Å². The minimum atomic E-state index is 0.719. The topological polar surface area (TPSA) is 29.3 Å². The highest BCUT2D eigenvalue weighted by molar-refractivity contribution is 4.89. The lowest BCUT2D eigenvalue weighted by atomic mass is 9.97. The summed E-state index contributed by atoms with van der Waals surface area (Å²) < 4.78 is 0. The zero-order chi connectivity index (χ0) is 7.68. The van der Waals surface area contributed by atoms with Crippen LogP contribution >= 0.6 is 0 Å². The molecule has 0 saturated carbocycles. The van der Waals surface area contributed by atoms with Gasteiger partial charge in [0.25, 0.3) is 0 Å². The van der Waals surface area contributed by atoms with Crippen LogP contribution in [0.25, 0.3) is 0 Å². The van der Waals surface area contributed by atoms with Gasteiger partial charge in [0.15, 0.2) is 0 Å². The van der Waals surface area contributed by atoms with Crippen LogP contribution in [-0.2, 0) is 0 Å². The molecule has 0 bridgehead atoms. The molecular weight excluding hydrogens is 136 g/mol. The Morgan fingerprint density at radius 1 is 1.18 bits per heavy atom. The van der Waals surface area contributed by atoms with Gasteiger partial charge in [-0.1, -0.05) is 6.42 Å². The zero-order valence-electron chi connectivity index (χ0n) is 7.13. The molecule has 2 rings (SSSR count). The minimum Gasteiger partial charge on any atom is -0.329 e. The molecule has 2 N–H and O–H groups in total. The molecule has 64 valence electrons. The van der Waals surface area contributed by atoms with E-state index < -0.39 is 0 Å². The molecule has 2 aliphatic rings. The van der Waals surface area contributed by atoms with Crippen LogP contribution in [0, 0.1) is 0 Å². The number of rotatable bonds is 1. The number of nitrogens with zero attached hydrogens (tertiary/aromatic N) is 1. The van der Waals surface area contributed by atoms with Crippen molar-refractivity contribution < 1.29 is 0 Å². The van der Waals surface area contributed by atoms with Crippen molar-refractivity contribution in [1.29, 1.82) is 0 Å². The van der Waals surface area contributed by atoms with Crippen LogP contribution in [0.5, 0.6) is 0 Å². The van der Waals surface area contributed by atoms with Gasteiger partial charge in [0.1, 0.15) is 0 Å². The van der Waals surface area contributed by atoms with E-state index in [2.05, 4.69) is 4.90 Å². The fourth-order valence-electron chi connectivity index (χ4n) is 2.66. The average Bonchev–Trinajstić information content (AvgIpc) is 2.50. The second-order valence-electron chi connectivity index (χ2n) is 3.85. The predicted molar refractivity (Wildman–Crippen MR) is 46.4 cm³/mol. The third-order valence-corrected chi connectivity index (χ3v) is 3.24. The molecule has 0 unspecified atom stereocenters. The second-order valence-corrected chi connectivity index (χ2v) is 3.85. The Morgan fingerprint density at radius 3 is 2.82 bits per heavy atom. The molecule has 2 heteroatoms. The Hall–Kier alpha value is -0.0800. The second kappa shape index (κ2) is 3.11. The van der Waals surface area contributed by atoms with Crippen molar-refractivity contribution >= 4 is 0 Å². The summed E-state index contributed by atoms with van der Waals surface area (Å²) in [5.74, 6) is 0. The smallest absolute Gasteiger partial charge is 0.0221 e. The van der Waals surface area contributed by atoms with Crippen molar-refractivity contribution in [3.8, 4) is 0 Å². The van der Waals surface area contributed by atoms with Crippen LogP contribution in [0.15, 0.2) is 0 Å². The van der Waals surface area contributed by atoms with Crippen LogP contribution in [0.2, 0.25) is 0 Å². The van der Waals surface area contributed by atoms with Gasteiger partial charge in [-0.25, -0.2) is 0 Å². The highest BCUT2D eigenvalue weighted by atomic mass is 15.2. The molecule has 11 heavy (non-hydrogen) atoms. The van der Waals surface area contributed by atoms with E-state index in [0.29, 0.717) is 0 Å². The quantitative estimate of drug-likeness (QED) is 0.609. The monoisotopic (exact) mass is 154 g/mol. The molecule has 0 aromatic rings. The van der Waals surface area contributed by atoms with Crippen LogP contribution in [-0.4, -0.2) is 30.1 Å². The first-order valence-corrected chi connectivity index (χ1v) is 4.87. The number of hydrogen-bond donors (Lipinski definition) is 1. The molecule has 2 heterocycles. The van der Waals surface area contributed by atoms with Gasteiger partial charge in [-0.2, -0.15) is 0 Å². The van der Waals surface area contributed by atoms with Crippen molar-refractivity contribution in [1.82, 2.24) is 4.90 Å². The van der Waals surface area contributed by atoms with Gasteiger partial charge in [0, 0.05) is 18.6 Å². The van der Waals surface area contributed by atoms with Gasteiger partial charge in [0.2, 0.25) is 0 Å². The standard InChI is InChI=1S/C9H18N2/c10-7-9-4-1-3-8-5-2-6-11(8)9/h8-9H,1-7,10H2/t8-,9-/m0/s1. The maximum Gasteiger partial charge on any atom is 0.0221 e. The highest BCUT2D eigenvalue weighted by Crippen LogP contribution is 2.30. The predicted octanol–water partition coefficient (Wildman–Crippen LogP) is 0.962. The third-order valence-electron chi connectivity index (χ3n) is 3.24. The number of nitrogens with two attached hydrogens (primary N) is 1. The number of fused-ring (bicyclic) bond motifs is 1. The average molecular weight is 154 g/mol. The van der Waals surface area contributed by atoms with E-state index in [9.17, 15) is 0 Å². The van der Waals surface area contributed by atoms with Crippen LogP contribution in [0.1, 0.15) is 32.1 Å². The summed E-state index contributed by atoms with van der Waals surface area (Å²) in [7, 11) is 0. The summed E-state index contributed by atoms with van der Waals surface area (Å²) in [6, 6.07) is 1.62. The van der Waals surface area contributed by atoms with Crippen molar-refractivity contribution in [3.05, 3.63) is 0 Å². The molecule has 0 spiro atoms. The van der Waals surface area contributed by atoms with E-state index >= 15 is 0 Å². The summed E-state index contributed by atoms with van der Waals surface area (Å²) in [6.07, 6.45) is 7.00. The molecule has 2 atom stereocenters. The van der Waals surface area contributed by atoms with E-state index in [4.69, 9.17) is 5.73 Å². The van der Waals surface area contributed by atoms with Crippen LogP contribution < -0.4 is 5.73 Å². The molecular formula is C9H18N2. The first-order valence-electron chi connectivity index (χ1n) is 4.87. The summed E-state index contributed by atoms with van der Waals surface area (Å²) >= 11 is 0. The van der Waals surface area contributed by atoms with Crippen molar-refractivity contribution in [2.45, 2.75) is 44.2 Å². The van der Waals surface area contributed by atoms with Gasteiger partial charge in [-0.05, 0) is 32.2 Å². The van der Waals surface area contributed by atoms with Gasteiger partial charge < -0.3 is 5.73 Å². The fourth-order valence-corrected chi connectivity index (χ4v) is 2.66. The van der Waals surface area contributed by atoms with Gasteiger partial charge in [-0.15, -0.1) is 0 Å². The number of hydrogen-bond acceptors (Lipinski definition) is 2. The molecule has 2 aliphatic heterocycles. The van der Waals surface area contributed by atoms with Crippen molar-refractivity contribution in [3.63, 3.8) is 0 Å². The summed E-state index contributed by atoms with van der Waals surface area (Å²) in [4.78, 5) is 2.64. The van der Waals surface area contributed by atoms with E-state index in [0.717, 1.165) is 18.6 Å². The maximum absolute atomic E-state index is 5.72. The van der Waals surface area contributed by atoms with E-state index in [1.54, 1.807) is 0 Å². The van der Waals surface area contributed by atoms with Gasteiger partial charge in [0.05, 0.1) is 0 Å². The van der Waals surface area contributed by atoms with Crippen LogP contribution in [0.4, 0.5) is 0 Å². The molecule has 2 saturated heterocycles.